The SMILES string of the molecule is COc1ccc(-n2cc3c(-c4ccccc4)nn(-c4ccccc4)c(=N)c3c2N)cc1. The van der Waals surface area contributed by atoms with Crippen LogP contribution in [-0.2, 0) is 0 Å². The van der Waals surface area contributed by atoms with Crippen LogP contribution in [0.1, 0.15) is 0 Å². The van der Waals surface area contributed by atoms with Gasteiger partial charge in [0.05, 0.1) is 18.2 Å². The third-order valence-corrected chi connectivity index (χ3v) is 5.35. The molecule has 152 valence electrons. The summed E-state index contributed by atoms with van der Waals surface area (Å²) >= 11 is 0. The Bertz CT molecular complexity index is 1420. The average Bonchev–Trinajstić information content (AvgIpc) is 3.18. The van der Waals surface area contributed by atoms with Gasteiger partial charge < -0.3 is 15.0 Å². The second kappa shape index (κ2) is 7.50. The van der Waals surface area contributed by atoms with Crippen molar-refractivity contribution in [3.05, 3.63) is 96.6 Å². The molecule has 6 heteroatoms. The lowest BCUT2D eigenvalue weighted by atomic mass is 10.1. The molecule has 3 aromatic carbocycles. The van der Waals surface area contributed by atoms with Crippen LogP contribution in [0.2, 0.25) is 0 Å². The van der Waals surface area contributed by atoms with E-state index in [1.54, 1.807) is 11.8 Å². The molecule has 5 aromatic rings. The largest absolute Gasteiger partial charge is 0.497 e. The second-order valence-electron chi connectivity index (χ2n) is 7.18. The van der Waals surface area contributed by atoms with E-state index in [2.05, 4.69) is 0 Å². The molecule has 0 atom stereocenters. The number of methoxy groups -OCH3 is 1. The number of anilines is 1. The number of benzene rings is 3. The third-order valence-electron chi connectivity index (χ3n) is 5.35. The Morgan fingerprint density at radius 3 is 2.13 bits per heavy atom. The highest BCUT2D eigenvalue weighted by molar-refractivity contribution is 6.00. The molecule has 0 aliphatic rings. The van der Waals surface area contributed by atoms with Gasteiger partial charge in [0.2, 0.25) is 0 Å². The van der Waals surface area contributed by atoms with E-state index in [0.29, 0.717) is 11.2 Å². The van der Waals surface area contributed by atoms with Crippen LogP contribution in [0.5, 0.6) is 5.75 Å². The predicted octanol–water partition coefficient (Wildman–Crippen LogP) is 4.55. The highest BCUT2D eigenvalue weighted by atomic mass is 16.5. The molecule has 6 nitrogen and oxygen atoms in total. The number of nitrogens with one attached hydrogen (secondary N) is 1. The molecule has 0 aliphatic carbocycles. The summed E-state index contributed by atoms with van der Waals surface area (Å²) in [6.45, 7) is 0. The van der Waals surface area contributed by atoms with Crippen molar-refractivity contribution >= 4 is 16.6 Å². The fraction of sp³-hybridized carbons (Fsp3) is 0.0400. The molecule has 0 amide bonds. The summed E-state index contributed by atoms with van der Waals surface area (Å²) in [7, 11) is 1.64. The van der Waals surface area contributed by atoms with E-state index in [9.17, 15) is 0 Å². The van der Waals surface area contributed by atoms with Crippen LogP contribution >= 0.6 is 0 Å². The minimum absolute atomic E-state index is 0.241. The van der Waals surface area contributed by atoms with Gasteiger partial charge in [-0.15, -0.1) is 0 Å². The smallest absolute Gasteiger partial charge is 0.158 e. The van der Waals surface area contributed by atoms with Crippen molar-refractivity contribution in [2.75, 3.05) is 12.8 Å². The van der Waals surface area contributed by atoms with Crippen LogP contribution in [0.25, 0.3) is 33.4 Å². The van der Waals surface area contributed by atoms with Gasteiger partial charge in [-0.1, -0.05) is 48.5 Å². The maximum absolute atomic E-state index is 8.90. The lowest BCUT2D eigenvalue weighted by Gasteiger charge is -2.11. The zero-order valence-corrected chi connectivity index (χ0v) is 17.0. The van der Waals surface area contributed by atoms with Gasteiger partial charge in [-0.2, -0.15) is 5.10 Å². The number of ether oxygens (including phenoxy) is 1. The standard InChI is InChI=1S/C25H21N5O/c1-31-20-14-12-18(13-15-20)29-16-21-22(24(29)26)25(27)30(19-10-6-3-7-11-19)28-23(21)17-8-4-2-5-9-17/h2-16,27H,26H2,1H3. The van der Waals surface area contributed by atoms with E-state index in [0.717, 1.165) is 33.8 Å². The molecular weight excluding hydrogens is 386 g/mol. The summed E-state index contributed by atoms with van der Waals surface area (Å²) in [5.74, 6) is 1.27. The first-order valence-electron chi connectivity index (χ1n) is 9.91. The summed E-state index contributed by atoms with van der Waals surface area (Å²) in [6, 6.07) is 27.3. The Morgan fingerprint density at radius 2 is 1.48 bits per heavy atom. The monoisotopic (exact) mass is 407 g/mol. The molecule has 0 radical (unpaired) electrons. The van der Waals surface area contributed by atoms with Crippen molar-refractivity contribution in [3.8, 4) is 28.4 Å². The van der Waals surface area contributed by atoms with Gasteiger partial charge in [0.15, 0.2) is 5.49 Å². The first-order chi connectivity index (χ1) is 15.2. The fourth-order valence-corrected chi connectivity index (χ4v) is 3.78. The molecule has 0 bridgehead atoms. The van der Waals surface area contributed by atoms with E-state index in [4.69, 9.17) is 21.0 Å². The molecule has 0 fully saturated rings. The van der Waals surface area contributed by atoms with Crippen molar-refractivity contribution in [1.82, 2.24) is 14.3 Å². The summed E-state index contributed by atoms with van der Waals surface area (Å²) in [6.07, 6.45) is 1.95. The molecule has 0 saturated carbocycles. The van der Waals surface area contributed by atoms with Gasteiger partial charge in [0.25, 0.3) is 0 Å². The van der Waals surface area contributed by atoms with Crippen LogP contribution in [0, 0.1) is 5.41 Å². The highest BCUT2D eigenvalue weighted by Gasteiger charge is 2.18. The van der Waals surface area contributed by atoms with Crippen LogP contribution in [0.15, 0.2) is 91.1 Å². The van der Waals surface area contributed by atoms with Gasteiger partial charge in [-0.05, 0) is 36.4 Å². The number of nitrogen functional groups attached to an aromatic ring is 1. The third kappa shape index (κ3) is 3.14. The van der Waals surface area contributed by atoms with Gasteiger partial charge in [-0.3, -0.25) is 5.41 Å². The maximum Gasteiger partial charge on any atom is 0.158 e. The minimum Gasteiger partial charge on any atom is -0.497 e. The van der Waals surface area contributed by atoms with Crippen LogP contribution < -0.4 is 16.0 Å². The molecular formula is C25H21N5O. The number of hydrogen-bond acceptors (Lipinski definition) is 4. The molecule has 2 aromatic heterocycles. The summed E-state index contributed by atoms with van der Waals surface area (Å²) in [5.41, 5.74) is 10.3. The Hall–Kier alpha value is -4.32. The van der Waals surface area contributed by atoms with Crippen LogP contribution in [0.3, 0.4) is 0 Å². The maximum atomic E-state index is 8.90. The first kappa shape index (κ1) is 18.7. The van der Waals surface area contributed by atoms with Crippen molar-refractivity contribution in [3.63, 3.8) is 0 Å². The fourth-order valence-electron chi connectivity index (χ4n) is 3.78. The number of rotatable bonds is 4. The zero-order chi connectivity index (χ0) is 21.4. The molecule has 2 heterocycles. The zero-order valence-electron chi connectivity index (χ0n) is 17.0. The number of para-hydroxylation sites is 1. The Balaban J connectivity index is 1.83. The minimum atomic E-state index is 0.241. The van der Waals surface area contributed by atoms with Gasteiger partial charge in [0, 0.05) is 22.8 Å². The Labute approximate surface area is 179 Å². The van der Waals surface area contributed by atoms with Gasteiger partial charge >= 0.3 is 0 Å². The van der Waals surface area contributed by atoms with Crippen molar-refractivity contribution in [2.24, 2.45) is 0 Å². The van der Waals surface area contributed by atoms with Crippen molar-refractivity contribution < 1.29 is 4.74 Å². The summed E-state index contributed by atoms with van der Waals surface area (Å²) in [5, 5.41) is 15.3. The predicted molar refractivity (Wildman–Crippen MR) is 123 cm³/mol. The van der Waals surface area contributed by atoms with E-state index in [1.807, 2.05) is 95.7 Å². The number of nitrogens with two attached hydrogens (primary N) is 1. The molecule has 31 heavy (non-hydrogen) atoms. The van der Waals surface area contributed by atoms with Crippen molar-refractivity contribution in [1.29, 1.82) is 5.41 Å². The van der Waals surface area contributed by atoms with Gasteiger partial charge in [0.1, 0.15) is 17.3 Å². The molecule has 0 aliphatic heterocycles. The number of aromatic nitrogens is 3. The molecule has 5 rings (SSSR count). The molecule has 0 unspecified atom stereocenters. The van der Waals surface area contributed by atoms with E-state index < -0.39 is 0 Å². The number of nitrogens with zero attached hydrogens (tertiary/aromatic N) is 3. The highest BCUT2D eigenvalue weighted by Crippen LogP contribution is 2.32. The Kier molecular flexibility index (Phi) is 4.52. The van der Waals surface area contributed by atoms with E-state index in [1.165, 1.54) is 0 Å². The van der Waals surface area contributed by atoms with Gasteiger partial charge in [-0.25, -0.2) is 4.68 Å². The summed E-state index contributed by atoms with van der Waals surface area (Å²) < 4.78 is 8.80. The average molecular weight is 407 g/mol. The Morgan fingerprint density at radius 1 is 0.839 bits per heavy atom. The van der Waals surface area contributed by atoms with Crippen LogP contribution in [0.4, 0.5) is 5.82 Å². The normalized spacial score (nSPS) is 11.0. The summed E-state index contributed by atoms with van der Waals surface area (Å²) in [4.78, 5) is 0. The quantitative estimate of drug-likeness (QED) is 0.458. The lowest BCUT2D eigenvalue weighted by molar-refractivity contribution is 0.415. The second-order valence-corrected chi connectivity index (χ2v) is 7.18. The van der Waals surface area contributed by atoms with Crippen LogP contribution in [-0.4, -0.2) is 21.5 Å². The van der Waals surface area contributed by atoms with E-state index in [-0.39, 0.29) is 5.49 Å². The molecule has 3 N–H and O–H groups in total. The van der Waals surface area contributed by atoms with E-state index >= 15 is 0 Å². The number of fused-ring (bicyclic) bond motifs is 1. The topological polar surface area (TPSA) is 81.8 Å². The number of hydrogen-bond donors (Lipinski definition) is 2. The molecule has 0 spiro atoms. The first-order valence-corrected chi connectivity index (χ1v) is 9.91. The molecule has 0 saturated heterocycles. The lowest BCUT2D eigenvalue weighted by Crippen LogP contribution is -2.22. The van der Waals surface area contributed by atoms with Crippen molar-refractivity contribution in [2.45, 2.75) is 0 Å².